The molecule has 1 unspecified atom stereocenters. The SMILES string of the molecule is CC1=C(C(=O)Nc2cc(C(=O)C3CCC3)ccn2)C(c2ccc(-c3cnc(C)nc3)cc2Cl)N=C(Nc2nc3ccc(F)cc3o2)N1. The number of pyridine rings is 1. The number of ketones is 1. The maximum absolute atomic E-state index is 13.9. The Bertz CT molecular complexity index is 2110. The summed E-state index contributed by atoms with van der Waals surface area (Å²) in [5.41, 5.74) is 4.09. The van der Waals surface area contributed by atoms with E-state index in [0.29, 0.717) is 33.2 Å². The second-order valence-electron chi connectivity index (χ2n) is 11.4. The number of Topliss-reactive ketones (excluding diaryl/α,β-unsaturated/α-hetero) is 1. The molecule has 47 heavy (non-hydrogen) atoms. The maximum Gasteiger partial charge on any atom is 0.302 e. The van der Waals surface area contributed by atoms with Gasteiger partial charge in [-0.05, 0) is 62.6 Å². The van der Waals surface area contributed by atoms with Crippen LogP contribution in [0.1, 0.15) is 54.0 Å². The van der Waals surface area contributed by atoms with Crippen LogP contribution in [0.3, 0.4) is 0 Å². The third kappa shape index (κ3) is 6.19. The first-order valence-corrected chi connectivity index (χ1v) is 15.4. The van der Waals surface area contributed by atoms with E-state index in [1.165, 1.54) is 24.4 Å². The molecular formula is C34H28ClFN8O3. The molecule has 2 aromatic carbocycles. The number of nitrogens with one attached hydrogen (secondary N) is 3. The van der Waals surface area contributed by atoms with E-state index in [1.54, 1.807) is 50.5 Å². The van der Waals surface area contributed by atoms with Crippen molar-refractivity contribution in [1.82, 2.24) is 25.3 Å². The van der Waals surface area contributed by atoms with Crippen LogP contribution in [0.2, 0.25) is 5.02 Å². The quantitative estimate of drug-likeness (QED) is 0.162. The van der Waals surface area contributed by atoms with Gasteiger partial charge in [0.05, 0.1) is 5.57 Å². The van der Waals surface area contributed by atoms with Gasteiger partial charge in [-0.15, -0.1) is 0 Å². The molecule has 0 spiro atoms. The van der Waals surface area contributed by atoms with Gasteiger partial charge in [0.15, 0.2) is 11.4 Å². The molecule has 13 heteroatoms. The van der Waals surface area contributed by atoms with Gasteiger partial charge in [0, 0.05) is 58.0 Å². The highest BCUT2D eigenvalue weighted by Crippen LogP contribution is 2.38. The molecule has 0 saturated heterocycles. The number of carbonyl (C=O) groups is 2. The van der Waals surface area contributed by atoms with E-state index in [1.807, 2.05) is 6.07 Å². The van der Waals surface area contributed by atoms with Crippen LogP contribution in [0.5, 0.6) is 0 Å². The monoisotopic (exact) mass is 650 g/mol. The van der Waals surface area contributed by atoms with Crippen molar-refractivity contribution in [3.8, 4) is 11.1 Å². The third-order valence-corrected chi connectivity index (χ3v) is 8.56. The number of halogens is 2. The Morgan fingerprint density at radius 2 is 1.81 bits per heavy atom. The van der Waals surface area contributed by atoms with Crippen molar-refractivity contribution in [1.29, 1.82) is 0 Å². The standard InChI is InChI=1S/C34H28ClFN8O3/c1-17-29(32(46)42-28-13-21(10-11-37-28)31(45)19-4-3-5-19)30(24-8-6-20(12-25(24)35)22-15-38-18(2)39-16-22)43-33(40-17)44-34-41-26-9-7-23(36)14-27(26)47-34/h6-16,19,30H,3-5H2,1-2H3,(H,37,42,46)(H2,40,41,43,44). The second kappa shape index (κ2) is 12.4. The zero-order valence-electron chi connectivity index (χ0n) is 25.3. The van der Waals surface area contributed by atoms with Crippen LogP contribution >= 0.6 is 11.6 Å². The lowest BCUT2D eigenvalue weighted by Gasteiger charge is -2.27. The van der Waals surface area contributed by atoms with Crippen LogP contribution < -0.4 is 16.0 Å². The van der Waals surface area contributed by atoms with Crippen LogP contribution in [0.15, 0.2) is 87.8 Å². The number of aliphatic imine (C=N–C) groups is 1. The van der Waals surface area contributed by atoms with Gasteiger partial charge in [-0.3, -0.25) is 14.9 Å². The van der Waals surface area contributed by atoms with Crippen molar-refractivity contribution < 1.29 is 18.4 Å². The number of fused-ring (bicyclic) bond motifs is 1. The van der Waals surface area contributed by atoms with E-state index in [9.17, 15) is 14.0 Å². The number of rotatable bonds is 7. The molecule has 0 bridgehead atoms. The van der Waals surface area contributed by atoms with Gasteiger partial charge in [0.2, 0.25) is 5.96 Å². The van der Waals surface area contributed by atoms with Crippen molar-refractivity contribution >= 4 is 52.2 Å². The molecule has 236 valence electrons. The largest absolute Gasteiger partial charge is 0.423 e. The maximum atomic E-state index is 13.9. The number of guanidine groups is 1. The van der Waals surface area contributed by atoms with Crippen molar-refractivity contribution in [2.75, 3.05) is 10.6 Å². The van der Waals surface area contributed by atoms with Crippen LogP contribution in [-0.2, 0) is 4.79 Å². The number of allylic oxidation sites excluding steroid dienone is 1. The highest BCUT2D eigenvalue weighted by atomic mass is 35.5. The summed E-state index contributed by atoms with van der Waals surface area (Å²) in [5.74, 6) is 0.248. The lowest BCUT2D eigenvalue weighted by molar-refractivity contribution is -0.113. The van der Waals surface area contributed by atoms with Gasteiger partial charge in [0.1, 0.15) is 29.0 Å². The van der Waals surface area contributed by atoms with Crippen LogP contribution in [0, 0.1) is 18.7 Å². The fourth-order valence-electron chi connectivity index (χ4n) is 5.52. The summed E-state index contributed by atoms with van der Waals surface area (Å²) in [7, 11) is 0. The molecule has 2 aliphatic rings. The minimum atomic E-state index is -0.879. The number of oxazole rings is 1. The Morgan fingerprint density at radius 3 is 2.55 bits per heavy atom. The third-order valence-electron chi connectivity index (χ3n) is 8.23. The van der Waals surface area contributed by atoms with Crippen LogP contribution in [-0.4, -0.2) is 37.6 Å². The summed E-state index contributed by atoms with van der Waals surface area (Å²) < 4.78 is 19.4. The topological polar surface area (TPSA) is 147 Å². The van der Waals surface area contributed by atoms with Crippen LogP contribution in [0.4, 0.5) is 16.2 Å². The Kier molecular flexibility index (Phi) is 7.94. The molecule has 1 amide bonds. The van der Waals surface area contributed by atoms with Gasteiger partial charge >= 0.3 is 6.01 Å². The zero-order valence-corrected chi connectivity index (χ0v) is 26.1. The zero-order chi connectivity index (χ0) is 32.7. The van der Waals surface area contributed by atoms with E-state index in [2.05, 4.69) is 35.9 Å². The van der Waals surface area contributed by atoms with Crippen molar-refractivity contribution in [2.45, 2.75) is 39.2 Å². The summed E-state index contributed by atoms with van der Waals surface area (Å²) in [5, 5.41) is 9.31. The Balaban J connectivity index is 1.22. The number of carbonyl (C=O) groups excluding carboxylic acids is 2. The number of aromatic nitrogens is 4. The van der Waals surface area contributed by atoms with E-state index >= 15 is 0 Å². The van der Waals surface area contributed by atoms with Gasteiger partial charge < -0.3 is 15.1 Å². The molecule has 1 saturated carbocycles. The average molecular weight is 651 g/mol. The summed E-state index contributed by atoms with van der Waals surface area (Å²) in [6, 6.07) is 11.9. The second-order valence-corrected chi connectivity index (χ2v) is 11.8. The predicted octanol–water partition coefficient (Wildman–Crippen LogP) is 6.79. The lowest BCUT2D eigenvalue weighted by Crippen LogP contribution is -2.37. The van der Waals surface area contributed by atoms with Crippen molar-refractivity contribution in [3.05, 3.63) is 106 Å². The molecule has 3 N–H and O–H groups in total. The van der Waals surface area contributed by atoms with Gasteiger partial charge in [0.25, 0.3) is 5.91 Å². The first-order valence-electron chi connectivity index (χ1n) is 15.0. The van der Waals surface area contributed by atoms with E-state index in [-0.39, 0.29) is 40.6 Å². The average Bonchev–Trinajstić information content (AvgIpc) is 3.41. The molecule has 3 aromatic heterocycles. The highest BCUT2D eigenvalue weighted by Gasteiger charge is 2.32. The lowest BCUT2D eigenvalue weighted by atomic mass is 9.80. The molecule has 5 aromatic rings. The summed E-state index contributed by atoms with van der Waals surface area (Å²) in [4.78, 5) is 48.8. The smallest absolute Gasteiger partial charge is 0.302 e. The number of hydrogen-bond acceptors (Lipinski definition) is 10. The van der Waals surface area contributed by atoms with E-state index in [4.69, 9.17) is 21.0 Å². The molecule has 1 aliphatic carbocycles. The fourth-order valence-corrected chi connectivity index (χ4v) is 5.81. The molecule has 1 fully saturated rings. The number of benzene rings is 2. The molecule has 4 heterocycles. The molecule has 0 radical (unpaired) electrons. The van der Waals surface area contributed by atoms with Crippen molar-refractivity contribution in [3.63, 3.8) is 0 Å². The minimum absolute atomic E-state index is 0.00920. The predicted molar refractivity (Wildman–Crippen MR) is 175 cm³/mol. The van der Waals surface area contributed by atoms with Gasteiger partial charge in [-0.1, -0.05) is 30.2 Å². The van der Waals surface area contributed by atoms with E-state index in [0.717, 1.165) is 30.4 Å². The first-order chi connectivity index (χ1) is 22.7. The van der Waals surface area contributed by atoms with Gasteiger partial charge in [-0.2, -0.15) is 4.98 Å². The Labute approximate surface area is 273 Å². The first kappa shape index (κ1) is 30.2. The Hall–Kier alpha value is -5.49. The molecule has 7 rings (SSSR count). The summed E-state index contributed by atoms with van der Waals surface area (Å²) in [6.07, 6.45) is 7.71. The number of hydrogen-bond donors (Lipinski definition) is 3. The summed E-state index contributed by atoms with van der Waals surface area (Å²) in [6.45, 7) is 3.54. The number of aryl methyl sites for hydroxylation is 1. The van der Waals surface area contributed by atoms with Crippen molar-refractivity contribution in [2.24, 2.45) is 10.9 Å². The minimum Gasteiger partial charge on any atom is -0.423 e. The normalized spacial score (nSPS) is 16.3. The summed E-state index contributed by atoms with van der Waals surface area (Å²) >= 11 is 6.88. The van der Waals surface area contributed by atoms with Crippen LogP contribution in [0.25, 0.3) is 22.2 Å². The fraction of sp³-hybridized carbons (Fsp3) is 0.206. The Morgan fingerprint density at radius 1 is 1.00 bits per heavy atom. The number of nitrogens with zero attached hydrogens (tertiary/aromatic N) is 5. The molecule has 11 nitrogen and oxygen atoms in total. The molecule has 1 atom stereocenters. The van der Waals surface area contributed by atoms with E-state index < -0.39 is 17.8 Å². The number of anilines is 2. The highest BCUT2D eigenvalue weighted by molar-refractivity contribution is 6.32. The van der Waals surface area contributed by atoms with Gasteiger partial charge in [-0.25, -0.2) is 24.3 Å². The number of amides is 1. The molecular weight excluding hydrogens is 623 g/mol. The molecule has 1 aliphatic heterocycles.